The molecule has 98 valence electrons. The van der Waals surface area contributed by atoms with Crippen LogP contribution < -0.4 is 0 Å². The van der Waals surface area contributed by atoms with Crippen molar-refractivity contribution in [2.45, 2.75) is 44.9 Å². The maximum atomic E-state index is 6.76. The minimum atomic E-state index is 0.189. The van der Waals surface area contributed by atoms with E-state index in [0.29, 0.717) is 5.92 Å². The van der Waals surface area contributed by atoms with Crippen LogP contribution in [0.3, 0.4) is 0 Å². The van der Waals surface area contributed by atoms with Crippen molar-refractivity contribution in [3.63, 3.8) is 0 Å². The third-order valence-electron chi connectivity index (χ3n) is 4.91. The molecule has 1 aromatic rings. The SMILES string of the molecule is Cc1cc(C(Cl)C2C3CCCCC32)c(C)cc1Cl. The summed E-state index contributed by atoms with van der Waals surface area (Å²) in [5.41, 5.74) is 3.69. The van der Waals surface area contributed by atoms with Gasteiger partial charge in [-0.15, -0.1) is 11.6 Å². The Bertz CT molecular complexity index is 454. The highest BCUT2D eigenvalue weighted by atomic mass is 35.5. The van der Waals surface area contributed by atoms with Gasteiger partial charge in [0.15, 0.2) is 0 Å². The fraction of sp³-hybridized carbons (Fsp3) is 0.625. The zero-order chi connectivity index (χ0) is 12.9. The molecule has 0 aromatic heterocycles. The van der Waals surface area contributed by atoms with Gasteiger partial charge in [-0.2, -0.15) is 0 Å². The Hall–Kier alpha value is -0.200. The van der Waals surface area contributed by atoms with E-state index in [-0.39, 0.29) is 5.38 Å². The lowest BCUT2D eigenvalue weighted by molar-refractivity contribution is 0.480. The summed E-state index contributed by atoms with van der Waals surface area (Å²) in [7, 11) is 0. The molecule has 0 nitrogen and oxygen atoms in total. The van der Waals surface area contributed by atoms with Crippen molar-refractivity contribution < 1.29 is 0 Å². The Morgan fingerprint density at radius 3 is 2.28 bits per heavy atom. The molecule has 0 amide bonds. The molecular formula is C16H20Cl2. The van der Waals surface area contributed by atoms with Crippen LogP contribution in [-0.4, -0.2) is 0 Å². The number of benzene rings is 1. The zero-order valence-electron chi connectivity index (χ0n) is 11.0. The molecular weight excluding hydrogens is 263 g/mol. The van der Waals surface area contributed by atoms with Crippen molar-refractivity contribution in [2.24, 2.45) is 17.8 Å². The summed E-state index contributed by atoms with van der Waals surface area (Å²) in [6, 6.07) is 4.26. The number of hydrogen-bond acceptors (Lipinski definition) is 0. The van der Waals surface area contributed by atoms with Gasteiger partial charge in [0.2, 0.25) is 0 Å². The molecule has 3 unspecified atom stereocenters. The van der Waals surface area contributed by atoms with E-state index in [1.54, 1.807) is 0 Å². The van der Waals surface area contributed by atoms with Crippen LogP contribution in [0, 0.1) is 31.6 Å². The number of hydrogen-bond donors (Lipinski definition) is 0. The lowest BCUT2D eigenvalue weighted by atomic mass is 9.98. The first-order valence-electron chi connectivity index (χ1n) is 7.00. The van der Waals surface area contributed by atoms with Gasteiger partial charge in [0.1, 0.15) is 0 Å². The van der Waals surface area contributed by atoms with Gasteiger partial charge >= 0.3 is 0 Å². The number of fused-ring (bicyclic) bond motifs is 1. The normalized spacial score (nSPS) is 31.9. The average Bonchev–Trinajstić information content (AvgIpc) is 3.07. The van der Waals surface area contributed by atoms with Gasteiger partial charge in [-0.1, -0.05) is 30.5 Å². The maximum absolute atomic E-state index is 6.76. The number of halogens is 2. The van der Waals surface area contributed by atoms with Crippen LogP contribution in [0.4, 0.5) is 0 Å². The first-order valence-corrected chi connectivity index (χ1v) is 7.81. The molecule has 0 radical (unpaired) electrons. The van der Waals surface area contributed by atoms with E-state index in [1.807, 2.05) is 0 Å². The van der Waals surface area contributed by atoms with Crippen LogP contribution in [-0.2, 0) is 0 Å². The van der Waals surface area contributed by atoms with Crippen molar-refractivity contribution in [1.29, 1.82) is 0 Å². The van der Waals surface area contributed by atoms with E-state index in [4.69, 9.17) is 23.2 Å². The number of rotatable bonds is 2. The molecule has 2 heteroatoms. The third-order valence-corrected chi connectivity index (χ3v) is 5.84. The van der Waals surface area contributed by atoms with Crippen molar-refractivity contribution >= 4 is 23.2 Å². The van der Waals surface area contributed by atoms with Gasteiger partial charge in [-0.05, 0) is 67.2 Å². The standard InChI is InChI=1S/C16H20Cl2/c1-9-8-14(17)10(2)7-13(9)16(18)15-11-5-3-4-6-12(11)15/h7-8,11-12,15-16H,3-6H2,1-2H3. The summed E-state index contributed by atoms with van der Waals surface area (Å²) < 4.78 is 0. The van der Waals surface area contributed by atoms with Crippen LogP contribution in [0.2, 0.25) is 5.02 Å². The largest absolute Gasteiger partial charge is 0.117 e. The second kappa shape index (κ2) is 4.72. The predicted molar refractivity (Wildman–Crippen MR) is 78.5 cm³/mol. The highest BCUT2D eigenvalue weighted by Gasteiger charge is 2.54. The van der Waals surface area contributed by atoms with Crippen LogP contribution >= 0.6 is 23.2 Å². The van der Waals surface area contributed by atoms with Gasteiger partial charge in [0.25, 0.3) is 0 Å². The molecule has 0 N–H and O–H groups in total. The van der Waals surface area contributed by atoms with Gasteiger partial charge in [0, 0.05) is 5.02 Å². The Morgan fingerprint density at radius 2 is 1.67 bits per heavy atom. The summed E-state index contributed by atoms with van der Waals surface area (Å²) in [5.74, 6) is 2.52. The van der Waals surface area contributed by atoms with E-state index < -0.39 is 0 Å². The molecule has 0 saturated heterocycles. The Morgan fingerprint density at radius 1 is 1.06 bits per heavy atom. The summed E-state index contributed by atoms with van der Waals surface area (Å²) in [6.45, 7) is 4.19. The van der Waals surface area contributed by atoms with E-state index in [0.717, 1.165) is 22.4 Å². The highest BCUT2D eigenvalue weighted by molar-refractivity contribution is 6.31. The molecule has 2 saturated carbocycles. The minimum Gasteiger partial charge on any atom is -0.117 e. The quantitative estimate of drug-likeness (QED) is 0.613. The van der Waals surface area contributed by atoms with Crippen LogP contribution in [0.15, 0.2) is 12.1 Å². The molecule has 0 bridgehead atoms. The number of aryl methyl sites for hydroxylation is 2. The minimum absolute atomic E-state index is 0.189. The van der Waals surface area contributed by atoms with Gasteiger partial charge in [-0.3, -0.25) is 0 Å². The maximum Gasteiger partial charge on any atom is 0.0621 e. The lowest BCUT2D eigenvalue weighted by Gasteiger charge is -2.15. The third kappa shape index (κ3) is 2.08. The van der Waals surface area contributed by atoms with E-state index in [9.17, 15) is 0 Å². The van der Waals surface area contributed by atoms with Crippen molar-refractivity contribution in [3.05, 3.63) is 33.8 Å². The Balaban J connectivity index is 1.85. The first-order chi connectivity index (χ1) is 8.59. The van der Waals surface area contributed by atoms with Crippen LogP contribution in [0.5, 0.6) is 0 Å². The second-order valence-corrected chi connectivity index (χ2v) is 6.93. The fourth-order valence-corrected chi connectivity index (χ4v) is 4.62. The Kier molecular flexibility index (Phi) is 3.36. The lowest BCUT2D eigenvalue weighted by Crippen LogP contribution is -2.00. The topological polar surface area (TPSA) is 0 Å². The summed E-state index contributed by atoms with van der Waals surface area (Å²) >= 11 is 12.9. The molecule has 18 heavy (non-hydrogen) atoms. The van der Waals surface area contributed by atoms with Gasteiger partial charge in [0.05, 0.1) is 5.38 Å². The smallest absolute Gasteiger partial charge is 0.0621 e. The Labute approximate surface area is 120 Å². The predicted octanol–water partition coefficient (Wildman–Crippen LogP) is 5.67. The van der Waals surface area contributed by atoms with Crippen molar-refractivity contribution in [3.8, 4) is 0 Å². The van der Waals surface area contributed by atoms with E-state index in [2.05, 4.69) is 26.0 Å². The van der Waals surface area contributed by atoms with Crippen LogP contribution in [0.25, 0.3) is 0 Å². The molecule has 0 spiro atoms. The van der Waals surface area contributed by atoms with Crippen molar-refractivity contribution in [2.75, 3.05) is 0 Å². The van der Waals surface area contributed by atoms with E-state index in [1.165, 1.54) is 36.8 Å². The monoisotopic (exact) mass is 282 g/mol. The fourth-order valence-electron chi connectivity index (χ4n) is 3.79. The second-order valence-electron chi connectivity index (χ2n) is 6.05. The van der Waals surface area contributed by atoms with Gasteiger partial charge < -0.3 is 0 Å². The summed E-state index contributed by atoms with van der Waals surface area (Å²) in [5, 5.41) is 1.04. The summed E-state index contributed by atoms with van der Waals surface area (Å²) in [4.78, 5) is 0. The molecule has 2 aliphatic carbocycles. The first kappa shape index (κ1) is 12.8. The van der Waals surface area contributed by atoms with E-state index >= 15 is 0 Å². The van der Waals surface area contributed by atoms with Crippen LogP contribution in [0.1, 0.15) is 47.8 Å². The molecule has 2 fully saturated rings. The molecule has 0 heterocycles. The molecule has 0 aliphatic heterocycles. The average molecular weight is 283 g/mol. The summed E-state index contributed by atoms with van der Waals surface area (Å²) in [6.07, 6.45) is 5.59. The van der Waals surface area contributed by atoms with Crippen molar-refractivity contribution in [1.82, 2.24) is 0 Å². The van der Waals surface area contributed by atoms with Gasteiger partial charge in [-0.25, -0.2) is 0 Å². The molecule has 3 atom stereocenters. The molecule has 3 rings (SSSR count). The highest BCUT2D eigenvalue weighted by Crippen LogP contribution is 2.62. The molecule has 2 aliphatic rings. The molecule has 1 aromatic carbocycles. The zero-order valence-corrected chi connectivity index (χ0v) is 12.6. The number of alkyl halides is 1.